The summed E-state index contributed by atoms with van der Waals surface area (Å²) in [4.78, 5) is 21.2. The zero-order valence-electron chi connectivity index (χ0n) is 7.41. The van der Waals surface area contributed by atoms with Gasteiger partial charge in [0.15, 0.2) is 6.29 Å². The molecule has 0 heterocycles. The van der Waals surface area contributed by atoms with Gasteiger partial charge in [-0.05, 0) is 18.6 Å². The predicted molar refractivity (Wildman–Crippen MR) is 51.5 cm³/mol. The molecule has 0 unspecified atom stereocenters. The van der Waals surface area contributed by atoms with Gasteiger partial charge in [0.2, 0.25) is 5.78 Å². The van der Waals surface area contributed by atoms with Crippen molar-refractivity contribution in [2.45, 2.75) is 6.92 Å². The molecule has 66 valence electrons. The number of allylic oxidation sites excluding steroid dienone is 1. The van der Waals surface area contributed by atoms with Crippen LogP contribution in [-0.2, 0) is 4.79 Å². The standard InChI is InChI=1S/C11H10O2/c1-8(2)9-4-3-5-10(6-9)11(13)7-12/h3-7H,1H2,2H3. The summed E-state index contributed by atoms with van der Waals surface area (Å²) in [6.07, 6.45) is 0.317. The van der Waals surface area contributed by atoms with Gasteiger partial charge in [0.1, 0.15) is 0 Å². The molecule has 0 aromatic heterocycles. The molecule has 0 aliphatic heterocycles. The summed E-state index contributed by atoms with van der Waals surface area (Å²) >= 11 is 0. The zero-order chi connectivity index (χ0) is 9.84. The van der Waals surface area contributed by atoms with E-state index in [9.17, 15) is 9.59 Å². The van der Waals surface area contributed by atoms with Crippen molar-refractivity contribution < 1.29 is 9.59 Å². The van der Waals surface area contributed by atoms with Crippen LogP contribution in [0, 0.1) is 0 Å². The van der Waals surface area contributed by atoms with Crippen molar-refractivity contribution >= 4 is 17.6 Å². The van der Waals surface area contributed by atoms with Gasteiger partial charge in [-0.2, -0.15) is 0 Å². The van der Waals surface area contributed by atoms with Crippen molar-refractivity contribution in [1.82, 2.24) is 0 Å². The van der Waals surface area contributed by atoms with Crippen LogP contribution in [0.5, 0.6) is 0 Å². The molecule has 0 aliphatic carbocycles. The van der Waals surface area contributed by atoms with Crippen molar-refractivity contribution in [3.63, 3.8) is 0 Å². The molecular formula is C11H10O2. The minimum absolute atomic E-state index is 0.317. The SMILES string of the molecule is C=C(C)c1cccc(C(=O)C=O)c1. The summed E-state index contributed by atoms with van der Waals surface area (Å²) in [5.41, 5.74) is 2.17. The second-order valence-corrected chi connectivity index (χ2v) is 2.84. The highest BCUT2D eigenvalue weighted by Crippen LogP contribution is 2.13. The molecule has 2 heteroatoms. The van der Waals surface area contributed by atoms with E-state index < -0.39 is 5.78 Å². The zero-order valence-corrected chi connectivity index (χ0v) is 7.41. The third-order valence-corrected chi connectivity index (χ3v) is 1.75. The van der Waals surface area contributed by atoms with Gasteiger partial charge in [0.05, 0.1) is 0 Å². The van der Waals surface area contributed by atoms with Crippen LogP contribution in [-0.4, -0.2) is 12.1 Å². The number of Topliss-reactive ketones (excluding diaryl/α,β-unsaturated/α-hetero) is 1. The number of aldehydes is 1. The van der Waals surface area contributed by atoms with Crippen molar-refractivity contribution in [1.29, 1.82) is 0 Å². The van der Waals surface area contributed by atoms with E-state index in [1.54, 1.807) is 18.2 Å². The molecule has 0 bridgehead atoms. The lowest BCUT2D eigenvalue weighted by molar-refractivity contribution is -0.104. The first-order valence-corrected chi connectivity index (χ1v) is 3.90. The number of carbonyl (C=O) groups excluding carboxylic acids is 2. The molecule has 0 radical (unpaired) electrons. The van der Waals surface area contributed by atoms with Gasteiger partial charge in [-0.3, -0.25) is 9.59 Å². The van der Waals surface area contributed by atoms with Crippen molar-refractivity contribution in [2.24, 2.45) is 0 Å². The largest absolute Gasteiger partial charge is 0.294 e. The summed E-state index contributed by atoms with van der Waals surface area (Å²) in [6.45, 7) is 5.60. The van der Waals surface area contributed by atoms with Crippen LogP contribution in [0.25, 0.3) is 5.57 Å². The Morgan fingerprint density at radius 1 is 1.38 bits per heavy atom. The Labute approximate surface area is 76.9 Å². The maximum absolute atomic E-state index is 11.0. The summed E-state index contributed by atoms with van der Waals surface area (Å²) in [6, 6.07) is 6.87. The van der Waals surface area contributed by atoms with Crippen molar-refractivity contribution in [3.05, 3.63) is 42.0 Å². The highest BCUT2D eigenvalue weighted by atomic mass is 16.2. The smallest absolute Gasteiger partial charge is 0.225 e. The van der Waals surface area contributed by atoms with Gasteiger partial charge in [0, 0.05) is 5.56 Å². The van der Waals surface area contributed by atoms with E-state index in [1.165, 1.54) is 0 Å². The quantitative estimate of drug-likeness (QED) is 0.399. The number of hydrogen-bond donors (Lipinski definition) is 0. The fourth-order valence-corrected chi connectivity index (χ4v) is 1.01. The molecule has 1 aromatic carbocycles. The lowest BCUT2D eigenvalue weighted by atomic mass is 10.0. The molecule has 0 saturated carbocycles. The summed E-state index contributed by atoms with van der Waals surface area (Å²) in [5, 5.41) is 0. The Hall–Kier alpha value is -1.70. The molecule has 0 N–H and O–H groups in total. The molecule has 1 aromatic rings. The molecule has 1 rings (SSSR count). The number of hydrogen-bond acceptors (Lipinski definition) is 2. The minimum Gasteiger partial charge on any atom is -0.294 e. The summed E-state index contributed by atoms with van der Waals surface area (Å²) in [7, 11) is 0. The highest BCUT2D eigenvalue weighted by Gasteiger charge is 2.03. The fourth-order valence-electron chi connectivity index (χ4n) is 1.01. The average Bonchev–Trinajstić information content (AvgIpc) is 2.17. The topological polar surface area (TPSA) is 34.1 Å². The molecule has 0 aliphatic rings. The van der Waals surface area contributed by atoms with Gasteiger partial charge in [-0.25, -0.2) is 0 Å². The Bertz CT molecular complexity index is 364. The van der Waals surface area contributed by atoms with E-state index in [2.05, 4.69) is 6.58 Å². The normalized spacial score (nSPS) is 9.31. The Morgan fingerprint density at radius 3 is 2.54 bits per heavy atom. The second-order valence-electron chi connectivity index (χ2n) is 2.84. The summed E-state index contributed by atoms with van der Waals surface area (Å²) in [5.74, 6) is -0.497. The average molecular weight is 174 g/mol. The third-order valence-electron chi connectivity index (χ3n) is 1.75. The molecule has 0 atom stereocenters. The molecule has 0 amide bonds. The minimum atomic E-state index is -0.497. The third kappa shape index (κ3) is 2.12. The van der Waals surface area contributed by atoms with Crippen LogP contribution in [0.15, 0.2) is 30.8 Å². The van der Waals surface area contributed by atoms with Crippen LogP contribution in [0.2, 0.25) is 0 Å². The predicted octanol–water partition coefficient (Wildman–Crippen LogP) is 2.10. The Balaban J connectivity index is 3.12. The van der Waals surface area contributed by atoms with Gasteiger partial charge < -0.3 is 0 Å². The number of ketones is 1. The molecule has 2 nitrogen and oxygen atoms in total. The number of carbonyl (C=O) groups is 2. The maximum atomic E-state index is 11.0. The summed E-state index contributed by atoms with van der Waals surface area (Å²) < 4.78 is 0. The van der Waals surface area contributed by atoms with E-state index in [0.717, 1.165) is 11.1 Å². The second kappa shape index (κ2) is 3.81. The van der Waals surface area contributed by atoms with Crippen molar-refractivity contribution in [2.75, 3.05) is 0 Å². The van der Waals surface area contributed by atoms with Gasteiger partial charge in [-0.1, -0.05) is 30.4 Å². The molecule has 13 heavy (non-hydrogen) atoms. The first-order valence-electron chi connectivity index (χ1n) is 3.90. The first kappa shape index (κ1) is 9.39. The van der Waals surface area contributed by atoms with Crippen LogP contribution >= 0.6 is 0 Å². The highest BCUT2D eigenvalue weighted by molar-refractivity contribution is 6.33. The van der Waals surface area contributed by atoms with E-state index >= 15 is 0 Å². The first-order chi connectivity index (χ1) is 6.15. The van der Waals surface area contributed by atoms with Gasteiger partial charge >= 0.3 is 0 Å². The van der Waals surface area contributed by atoms with Crippen molar-refractivity contribution in [3.8, 4) is 0 Å². The molecule has 0 fully saturated rings. The van der Waals surface area contributed by atoms with E-state index in [1.807, 2.05) is 13.0 Å². The van der Waals surface area contributed by atoms with E-state index in [-0.39, 0.29) is 0 Å². The Morgan fingerprint density at radius 2 is 2.00 bits per heavy atom. The van der Waals surface area contributed by atoms with Gasteiger partial charge in [-0.15, -0.1) is 0 Å². The fraction of sp³-hybridized carbons (Fsp3) is 0.0909. The molecule has 0 saturated heterocycles. The Kier molecular flexibility index (Phi) is 2.75. The maximum Gasteiger partial charge on any atom is 0.225 e. The van der Waals surface area contributed by atoms with Crippen LogP contribution in [0.1, 0.15) is 22.8 Å². The van der Waals surface area contributed by atoms with Gasteiger partial charge in [0.25, 0.3) is 0 Å². The molecular weight excluding hydrogens is 164 g/mol. The van der Waals surface area contributed by atoms with Crippen LogP contribution < -0.4 is 0 Å². The number of benzene rings is 1. The lowest BCUT2D eigenvalue weighted by Crippen LogP contribution is -1.99. The number of rotatable bonds is 3. The van der Waals surface area contributed by atoms with E-state index in [0.29, 0.717) is 11.8 Å². The monoisotopic (exact) mass is 174 g/mol. The van der Waals surface area contributed by atoms with E-state index in [4.69, 9.17) is 0 Å². The van der Waals surface area contributed by atoms with Crippen LogP contribution in [0.3, 0.4) is 0 Å². The molecule has 0 spiro atoms. The van der Waals surface area contributed by atoms with Crippen LogP contribution in [0.4, 0.5) is 0 Å². The lowest BCUT2D eigenvalue weighted by Gasteiger charge is -2.00.